The fourth-order valence-electron chi connectivity index (χ4n) is 3.68. The van der Waals surface area contributed by atoms with Crippen molar-refractivity contribution in [2.45, 2.75) is 37.9 Å². The van der Waals surface area contributed by atoms with Crippen LogP contribution in [-0.2, 0) is 11.3 Å². The molecule has 1 fully saturated rings. The summed E-state index contributed by atoms with van der Waals surface area (Å²) >= 11 is 1.39. The van der Waals surface area contributed by atoms with Crippen LogP contribution in [0.4, 0.5) is 5.69 Å². The molecule has 0 unspecified atom stereocenters. The Bertz CT molecular complexity index is 1060. The molecule has 0 saturated carbocycles. The molecule has 0 spiro atoms. The number of rotatable bonds is 9. The van der Waals surface area contributed by atoms with Crippen molar-refractivity contribution in [1.29, 1.82) is 0 Å². The zero-order valence-corrected chi connectivity index (χ0v) is 19.0. The molecule has 2 aromatic carbocycles. The van der Waals surface area contributed by atoms with E-state index < -0.39 is 0 Å². The van der Waals surface area contributed by atoms with Crippen molar-refractivity contribution in [1.82, 2.24) is 19.7 Å². The average Bonchev–Trinajstić information content (AvgIpc) is 3.48. The highest BCUT2D eigenvalue weighted by atomic mass is 32.2. The zero-order valence-electron chi connectivity index (χ0n) is 18.2. The molecule has 7 nitrogen and oxygen atoms in total. The second-order valence-electron chi connectivity index (χ2n) is 7.74. The molecule has 1 aliphatic heterocycles. The molecule has 4 rings (SSSR count). The minimum Gasteiger partial charge on any atom is -0.326 e. The third-order valence-electron chi connectivity index (χ3n) is 5.42. The van der Waals surface area contributed by atoms with Gasteiger partial charge in [-0.2, -0.15) is 0 Å². The van der Waals surface area contributed by atoms with Gasteiger partial charge >= 0.3 is 0 Å². The maximum Gasteiger partial charge on any atom is 0.224 e. The number of anilines is 1. The Kier molecular flexibility index (Phi) is 7.34. The molecule has 1 aromatic heterocycles. The highest BCUT2D eigenvalue weighted by Crippen LogP contribution is 2.24. The van der Waals surface area contributed by atoms with Crippen molar-refractivity contribution in [2.24, 2.45) is 0 Å². The lowest BCUT2D eigenvalue weighted by Crippen LogP contribution is -2.21. The van der Waals surface area contributed by atoms with Gasteiger partial charge in [0.2, 0.25) is 5.91 Å². The fourth-order valence-corrected chi connectivity index (χ4v) is 4.54. The maximum absolute atomic E-state index is 12.8. The SMILES string of the molecule is CCC(=O)Nc1ccc(C(=O)CSc2nnc(CN3CCCC3)n2-c2ccccc2)cc1. The largest absolute Gasteiger partial charge is 0.326 e. The first kappa shape index (κ1) is 22.2. The number of para-hydroxylation sites is 1. The Morgan fingerprint density at radius 3 is 2.41 bits per heavy atom. The van der Waals surface area contributed by atoms with Gasteiger partial charge in [0.05, 0.1) is 12.3 Å². The van der Waals surface area contributed by atoms with E-state index in [1.807, 2.05) is 30.3 Å². The number of benzene rings is 2. The predicted octanol–water partition coefficient (Wildman–Crippen LogP) is 4.19. The van der Waals surface area contributed by atoms with Crippen molar-refractivity contribution in [3.8, 4) is 5.69 Å². The topological polar surface area (TPSA) is 80.1 Å². The van der Waals surface area contributed by atoms with Gasteiger partial charge in [0, 0.05) is 23.4 Å². The molecule has 0 bridgehead atoms. The second kappa shape index (κ2) is 10.6. The Morgan fingerprint density at radius 2 is 1.72 bits per heavy atom. The number of hydrogen-bond donors (Lipinski definition) is 1. The number of hydrogen-bond acceptors (Lipinski definition) is 6. The van der Waals surface area contributed by atoms with E-state index >= 15 is 0 Å². The van der Waals surface area contributed by atoms with Gasteiger partial charge in [-0.15, -0.1) is 10.2 Å². The summed E-state index contributed by atoms with van der Waals surface area (Å²) in [4.78, 5) is 26.7. The Labute approximate surface area is 192 Å². The second-order valence-corrected chi connectivity index (χ2v) is 8.69. The van der Waals surface area contributed by atoms with E-state index in [1.54, 1.807) is 31.2 Å². The number of carbonyl (C=O) groups excluding carboxylic acids is 2. The lowest BCUT2D eigenvalue weighted by molar-refractivity contribution is -0.115. The van der Waals surface area contributed by atoms with E-state index in [0.717, 1.165) is 31.1 Å². The smallest absolute Gasteiger partial charge is 0.224 e. The minimum absolute atomic E-state index is 0.00655. The van der Waals surface area contributed by atoms with Crippen LogP contribution in [0.1, 0.15) is 42.4 Å². The van der Waals surface area contributed by atoms with E-state index in [2.05, 4.69) is 25.0 Å². The quantitative estimate of drug-likeness (QED) is 0.390. The van der Waals surface area contributed by atoms with Crippen LogP contribution in [0.15, 0.2) is 59.8 Å². The molecule has 1 aliphatic rings. The number of likely N-dealkylation sites (tertiary alicyclic amines) is 1. The van der Waals surface area contributed by atoms with Crippen LogP contribution in [0.3, 0.4) is 0 Å². The Morgan fingerprint density at radius 1 is 1.00 bits per heavy atom. The summed E-state index contributed by atoms with van der Waals surface area (Å²) in [5.41, 5.74) is 2.30. The Hall–Kier alpha value is -2.97. The van der Waals surface area contributed by atoms with Crippen LogP contribution >= 0.6 is 11.8 Å². The van der Waals surface area contributed by atoms with Gasteiger partial charge in [-0.3, -0.25) is 19.1 Å². The van der Waals surface area contributed by atoms with Gasteiger partial charge < -0.3 is 5.32 Å². The molecule has 1 amide bonds. The van der Waals surface area contributed by atoms with E-state index in [9.17, 15) is 9.59 Å². The minimum atomic E-state index is -0.0513. The molecule has 1 saturated heterocycles. The Balaban J connectivity index is 1.47. The molecule has 0 aliphatic carbocycles. The lowest BCUT2D eigenvalue weighted by Gasteiger charge is -2.15. The van der Waals surface area contributed by atoms with Crippen LogP contribution < -0.4 is 5.32 Å². The summed E-state index contributed by atoms with van der Waals surface area (Å²) in [6.45, 7) is 4.71. The van der Waals surface area contributed by atoms with Crippen molar-refractivity contribution in [2.75, 3.05) is 24.2 Å². The monoisotopic (exact) mass is 449 g/mol. The third-order valence-corrected chi connectivity index (χ3v) is 6.35. The van der Waals surface area contributed by atoms with E-state index in [0.29, 0.717) is 22.8 Å². The summed E-state index contributed by atoms with van der Waals surface area (Å²) in [6.07, 6.45) is 2.85. The molecule has 32 heavy (non-hydrogen) atoms. The summed E-state index contributed by atoms with van der Waals surface area (Å²) in [7, 11) is 0. The maximum atomic E-state index is 12.8. The number of nitrogens with zero attached hydrogens (tertiary/aromatic N) is 4. The standard InChI is InChI=1S/C24H27N5O2S/c1-2-23(31)25-19-12-10-18(11-13-19)21(30)17-32-24-27-26-22(16-28-14-6-7-15-28)29(24)20-8-4-3-5-9-20/h3-5,8-13H,2,6-7,14-17H2,1H3,(H,25,31). The van der Waals surface area contributed by atoms with Gasteiger partial charge in [0.15, 0.2) is 16.8 Å². The predicted molar refractivity (Wildman–Crippen MR) is 126 cm³/mol. The van der Waals surface area contributed by atoms with E-state index in [4.69, 9.17) is 0 Å². The zero-order chi connectivity index (χ0) is 22.3. The number of nitrogens with one attached hydrogen (secondary N) is 1. The summed E-state index contributed by atoms with van der Waals surface area (Å²) in [5, 5.41) is 12.4. The third kappa shape index (κ3) is 5.44. The van der Waals surface area contributed by atoms with Crippen LogP contribution in [-0.4, -0.2) is 50.2 Å². The van der Waals surface area contributed by atoms with E-state index in [-0.39, 0.29) is 17.4 Å². The normalized spacial score (nSPS) is 13.9. The molecular weight excluding hydrogens is 422 g/mol. The van der Waals surface area contributed by atoms with Crippen LogP contribution in [0, 0.1) is 0 Å². The number of aromatic nitrogens is 3. The molecule has 3 aromatic rings. The molecular formula is C24H27N5O2S. The van der Waals surface area contributed by atoms with Crippen molar-refractivity contribution in [3.63, 3.8) is 0 Å². The number of Topliss-reactive ketones (excluding diaryl/α,β-unsaturated/α-hetero) is 1. The van der Waals surface area contributed by atoms with E-state index in [1.165, 1.54) is 24.6 Å². The highest BCUT2D eigenvalue weighted by Gasteiger charge is 2.20. The fraction of sp³-hybridized carbons (Fsp3) is 0.333. The van der Waals surface area contributed by atoms with Crippen molar-refractivity contribution in [3.05, 3.63) is 66.0 Å². The molecule has 166 valence electrons. The van der Waals surface area contributed by atoms with Crippen molar-refractivity contribution >= 4 is 29.1 Å². The van der Waals surface area contributed by atoms with Gasteiger partial charge in [-0.05, 0) is 62.3 Å². The average molecular weight is 450 g/mol. The molecule has 0 atom stereocenters. The van der Waals surface area contributed by atoms with Crippen LogP contribution in [0.25, 0.3) is 5.69 Å². The first-order valence-electron chi connectivity index (χ1n) is 10.9. The summed E-state index contributed by atoms with van der Waals surface area (Å²) < 4.78 is 2.06. The van der Waals surface area contributed by atoms with Gasteiger partial charge in [0.25, 0.3) is 0 Å². The number of carbonyl (C=O) groups is 2. The number of amides is 1. The highest BCUT2D eigenvalue weighted by molar-refractivity contribution is 7.99. The molecule has 1 N–H and O–H groups in total. The van der Waals surface area contributed by atoms with Crippen LogP contribution in [0.5, 0.6) is 0 Å². The first-order chi connectivity index (χ1) is 15.6. The summed E-state index contributed by atoms with van der Waals surface area (Å²) in [5.74, 6) is 1.11. The van der Waals surface area contributed by atoms with Gasteiger partial charge in [0.1, 0.15) is 0 Å². The number of ketones is 1. The van der Waals surface area contributed by atoms with Gasteiger partial charge in [-0.25, -0.2) is 0 Å². The molecule has 2 heterocycles. The number of thioether (sulfide) groups is 1. The van der Waals surface area contributed by atoms with Crippen molar-refractivity contribution < 1.29 is 9.59 Å². The summed E-state index contributed by atoms with van der Waals surface area (Å²) in [6, 6.07) is 17.0. The van der Waals surface area contributed by atoms with Crippen LogP contribution in [0.2, 0.25) is 0 Å². The first-order valence-corrected chi connectivity index (χ1v) is 11.9. The molecule has 0 radical (unpaired) electrons. The lowest BCUT2D eigenvalue weighted by atomic mass is 10.1. The molecule has 8 heteroatoms. The van der Waals surface area contributed by atoms with Gasteiger partial charge in [-0.1, -0.05) is 36.9 Å².